The minimum Gasteiger partial charge on any atom is -0.444 e. The van der Waals surface area contributed by atoms with E-state index in [0.29, 0.717) is 34.5 Å². The van der Waals surface area contributed by atoms with Crippen molar-refractivity contribution < 1.29 is 19.1 Å². The van der Waals surface area contributed by atoms with Gasteiger partial charge >= 0.3 is 6.09 Å². The smallest absolute Gasteiger partial charge is 0.408 e. The summed E-state index contributed by atoms with van der Waals surface area (Å²) in [6, 6.07) is 11.7. The van der Waals surface area contributed by atoms with Gasteiger partial charge in [-0.2, -0.15) is 0 Å². The Morgan fingerprint density at radius 1 is 1.17 bits per heavy atom. The van der Waals surface area contributed by atoms with Crippen molar-refractivity contribution in [3.8, 4) is 0 Å². The van der Waals surface area contributed by atoms with E-state index in [1.165, 1.54) is 11.8 Å². The second kappa shape index (κ2) is 12.0. The van der Waals surface area contributed by atoms with Crippen molar-refractivity contribution in [2.45, 2.75) is 57.7 Å². The van der Waals surface area contributed by atoms with E-state index < -0.39 is 17.7 Å². The van der Waals surface area contributed by atoms with Crippen LogP contribution in [0.4, 0.5) is 10.5 Å². The monoisotopic (exact) mass is 532 g/mol. The number of thioether (sulfide) groups is 1. The Hall–Kier alpha value is -2.75. The Morgan fingerprint density at radius 3 is 2.50 bits per heavy atom. The van der Waals surface area contributed by atoms with Crippen LogP contribution in [0.5, 0.6) is 0 Å². The fraction of sp³-hybridized carbons (Fsp3) is 0.423. The van der Waals surface area contributed by atoms with E-state index in [0.717, 1.165) is 10.5 Å². The van der Waals surface area contributed by atoms with Crippen molar-refractivity contribution in [2.75, 3.05) is 17.2 Å². The van der Waals surface area contributed by atoms with Crippen LogP contribution in [0.3, 0.4) is 0 Å². The molecule has 0 aromatic heterocycles. The van der Waals surface area contributed by atoms with E-state index >= 15 is 0 Å². The molecule has 3 amide bonds. The highest BCUT2D eigenvalue weighted by molar-refractivity contribution is 7.99. The summed E-state index contributed by atoms with van der Waals surface area (Å²) in [5.74, 6) is 0.104. The maximum atomic E-state index is 13.7. The third kappa shape index (κ3) is 7.88. The summed E-state index contributed by atoms with van der Waals surface area (Å²) in [7, 11) is 0. The van der Waals surface area contributed by atoms with Gasteiger partial charge in [0.25, 0.3) is 11.8 Å². The maximum absolute atomic E-state index is 13.7. The number of hydrazine groups is 1. The molecule has 194 valence electrons. The molecule has 1 aliphatic heterocycles. The number of carbonyl (C=O) groups is 3. The van der Waals surface area contributed by atoms with Gasteiger partial charge in [-0.05, 0) is 62.6 Å². The van der Waals surface area contributed by atoms with Crippen molar-refractivity contribution in [3.63, 3.8) is 0 Å². The highest BCUT2D eigenvalue weighted by Crippen LogP contribution is 2.36. The normalized spacial score (nSPS) is 15.8. The quantitative estimate of drug-likeness (QED) is 0.444. The lowest BCUT2D eigenvalue weighted by Crippen LogP contribution is -2.50. The molecule has 3 N–H and O–H groups in total. The number of nitrogens with zero attached hydrogens (tertiary/aromatic N) is 1. The SMILES string of the molecule is CC(C)CNNC(=O)c1ccc2c(c1)N(Cc1ccc(Cl)cc1)C(=O)[C@@H](NC(=O)OC(C)(C)C)CS2. The van der Waals surface area contributed by atoms with E-state index in [9.17, 15) is 14.4 Å². The minimum atomic E-state index is -0.811. The molecule has 1 heterocycles. The molecule has 2 aromatic rings. The van der Waals surface area contributed by atoms with Gasteiger partial charge in [-0.1, -0.05) is 37.6 Å². The molecule has 2 aromatic carbocycles. The fourth-order valence-electron chi connectivity index (χ4n) is 3.44. The highest BCUT2D eigenvalue weighted by atomic mass is 35.5. The number of hydrogen-bond acceptors (Lipinski definition) is 6. The predicted molar refractivity (Wildman–Crippen MR) is 143 cm³/mol. The molecule has 0 saturated heterocycles. The summed E-state index contributed by atoms with van der Waals surface area (Å²) >= 11 is 7.48. The highest BCUT2D eigenvalue weighted by Gasteiger charge is 2.33. The molecule has 0 saturated carbocycles. The Balaban J connectivity index is 1.91. The number of alkyl carbamates (subject to hydrolysis) is 1. The molecule has 0 spiro atoms. The van der Waals surface area contributed by atoms with Crippen LogP contribution in [0, 0.1) is 5.92 Å². The van der Waals surface area contributed by atoms with E-state index in [2.05, 4.69) is 16.2 Å². The number of rotatable bonds is 7. The summed E-state index contributed by atoms with van der Waals surface area (Å²) in [4.78, 5) is 41.4. The first-order valence-electron chi connectivity index (χ1n) is 11.8. The van der Waals surface area contributed by atoms with Gasteiger partial charge in [0.05, 0.1) is 12.2 Å². The average molecular weight is 533 g/mol. The lowest BCUT2D eigenvalue weighted by atomic mass is 10.1. The van der Waals surface area contributed by atoms with E-state index in [1.54, 1.807) is 49.9 Å². The zero-order valence-corrected chi connectivity index (χ0v) is 22.8. The largest absolute Gasteiger partial charge is 0.444 e. The number of nitrogens with one attached hydrogen (secondary N) is 3. The van der Waals surface area contributed by atoms with E-state index in [1.807, 2.05) is 32.0 Å². The Labute approximate surface area is 221 Å². The topological polar surface area (TPSA) is 99.8 Å². The van der Waals surface area contributed by atoms with Gasteiger partial charge in [0.2, 0.25) is 0 Å². The van der Waals surface area contributed by atoms with Crippen molar-refractivity contribution in [1.82, 2.24) is 16.2 Å². The molecule has 36 heavy (non-hydrogen) atoms. The molecule has 0 unspecified atom stereocenters. The molecule has 0 aliphatic carbocycles. The maximum Gasteiger partial charge on any atom is 0.408 e. The second-order valence-corrected chi connectivity index (χ2v) is 11.5. The van der Waals surface area contributed by atoms with Crippen LogP contribution in [0.1, 0.15) is 50.5 Å². The van der Waals surface area contributed by atoms with Crippen LogP contribution in [0.2, 0.25) is 5.02 Å². The Kier molecular flexibility index (Phi) is 9.27. The Bertz CT molecular complexity index is 1100. The van der Waals surface area contributed by atoms with Crippen LogP contribution in [-0.4, -0.2) is 41.8 Å². The molecule has 10 heteroatoms. The lowest BCUT2D eigenvalue weighted by Gasteiger charge is -2.27. The molecule has 0 fully saturated rings. The van der Waals surface area contributed by atoms with Crippen molar-refractivity contribution in [2.24, 2.45) is 5.92 Å². The van der Waals surface area contributed by atoms with Crippen molar-refractivity contribution in [1.29, 1.82) is 0 Å². The van der Waals surface area contributed by atoms with Crippen LogP contribution in [0.15, 0.2) is 47.4 Å². The van der Waals surface area contributed by atoms with Crippen LogP contribution < -0.4 is 21.1 Å². The van der Waals surface area contributed by atoms with Gasteiger partial charge in [-0.3, -0.25) is 15.0 Å². The van der Waals surface area contributed by atoms with Gasteiger partial charge < -0.3 is 15.0 Å². The number of fused-ring (bicyclic) bond motifs is 1. The summed E-state index contributed by atoms with van der Waals surface area (Å²) in [6.45, 7) is 10.3. The summed E-state index contributed by atoms with van der Waals surface area (Å²) in [5, 5.41) is 3.31. The number of carbonyl (C=O) groups excluding carboxylic acids is 3. The van der Waals surface area contributed by atoms with Crippen LogP contribution >= 0.6 is 23.4 Å². The second-order valence-electron chi connectivity index (χ2n) is 9.97. The molecule has 1 aliphatic rings. The van der Waals surface area contributed by atoms with Gasteiger partial charge in [0, 0.05) is 27.8 Å². The molecule has 8 nitrogen and oxygen atoms in total. The fourth-order valence-corrected chi connectivity index (χ4v) is 4.62. The third-order valence-corrected chi connectivity index (χ3v) is 6.55. The van der Waals surface area contributed by atoms with Crippen LogP contribution in [-0.2, 0) is 16.1 Å². The standard InChI is InChI=1S/C26H33ClN4O4S/c1-16(2)13-28-30-23(32)18-8-11-22-21(12-18)31(14-17-6-9-19(27)10-7-17)24(33)20(15-36-22)29-25(34)35-26(3,4)5/h6-12,16,20,28H,13-15H2,1-5H3,(H,29,34)(H,30,32)/t20-/m0/s1. The first-order valence-corrected chi connectivity index (χ1v) is 13.1. The van der Waals surface area contributed by atoms with Gasteiger partial charge in [0.15, 0.2) is 0 Å². The van der Waals surface area contributed by atoms with Crippen molar-refractivity contribution >= 4 is 47.0 Å². The van der Waals surface area contributed by atoms with E-state index in [-0.39, 0.29) is 18.4 Å². The molecule has 3 rings (SSSR count). The summed E-state index contributed by atoms with van der Waals surface area (Å²) in [6.07, 6.45) is -0.657. The predicted octanol–water partition coefficient (Wildman–Crippen LogP) is 4.76. The number of amides is 3. The molecule has 0 bridgehead atoms. The van der Waals surface area contributed by atoms with Gasteiger partial charge in [0.1, 0.15) is 11.6 Å². The lowest BCUT2D eigenvalue weighted by molar-refractivity contribution is -0.120. The average Bonchev–Trinajstić information content (AvgIpc) is 2.91. The molecular weight excluding hydrogens is 500 g/mol. The number of benzene rings is 2. The van der Waals surface area contributed by atoms with Crippen LogP contribution in [0.25, 0.3) is 0 Å². The molecule has 1 atom stereocenters. The first-order chi connectivity index (χ1) is 16.9. The summed E-state index contributed by atoms with van der Waals surface area (Å²) < 4.78 is 5.37. The van der Waals surface area contributed by atoms with Gasteiger partial charge in [-0.25, -0.2) is 10.2 Å². The molecule has 0 radical (unpaired) electrons. The van der Waals surface area contributed by atoms with E-state index in [4.69, 9.17) is 16.3 Å². The first kappa shape index (κ1) is 27.8. The number of halogens is 1. The minimum absolute atomic E-state index is 0.243. The molecular formula is C26H33ClN4O4S. The third-order valence-electron chi connectivity index (χ3n) is 5.14. The Morgan fingerprint density at radius 2 is 1.86 bits per heavy atom. The summed E-state index contributed by atoms with van der Waals surface area (Å²) in [5.41, 5.74) is 6.81. The number of anilines is 1. The van der Waals surface area contributed by atoms with Gasteiger partial charge in [-0.15, -0.1) is 11.8 Å². The zero-order valence-electron chi connectivity index (χ0n) is 21.2. The zero-order chi connectivity index (χ0) is 26.5. The number of hydrogen-bond donors (Lipinski definition) is 3. The number of ether oxygens (including phenoxy) is 1. The van der Waals surface area contributed by atoms with Crippen molar-refractivity contribution in [3.05, 3.63) is 58.6 Å².